The zero-order valence-electron chi connectivity index (χ0n) is 14.0. The van der Waals surface area contributed by atoms with E-state index < -0.39 is 0 Å². The van der Waals surface area contributed by atoms with Crippen molar-refractivity contribution in [2.24, 2.45) is 0 Å². The molecule has 0 aliphatic carbocycles. The summed E-state index contributed by atoms with van der Waals surface area (Å²) in [5.41, 5.74) is 3.52. The van der Waals surface area contributed by atoms with Gasteiger partial charge in [-0.2, -0.15) is 0 Å². The highest BCUT2D eigenvalue weighted by atomic mass is 16.5. The molecule has 25 heavy (non-hydrogen) atoms. The number of aromatic nitrogens is 1. The van der Waals surface area contributed by atoms with E-state index in [1.807, 2.05) is 37.3 Å². The number of nitrogens with zero attached hydrogens (tertiary/aromatic N) is 1. The number of nitrogens with one attached hydrogen (secondary N) is 1. The summed E-state index contributed by atoms with van der Waals surface area (Å²) in [5, 5.41) is 12.4. The van der Waals surface area contributed by atoms with E-state index in [-0.39, 0.29) is 19.1 Å². The van der Waals surface area contributed by atoms with Crippen LogP contribution in [0.5, 0.6) is 5.75 Å². The normalized spacial score (nSPS) is 10.6. The monoisotopic (exact) mass is 336 g/mol. The molecule has 0 unspecified atom stereocenters. The van der Waals surface area contributed by atoms with Gasteiger partial charge in [-0.05, 0) is 43.3 Å². The Bertz CT molecular complexity index is 876. The molecule has 5 nitrogen and oxygen atoms in total. The highest BCUT2D eigenvalue weighted by molar-refractivity contribution is 5.94. The molecule has 0 aliphatic heterocycles. The molecule has 1 heterocycles. The second-order valence-corrected chi connectivity index (χ2v) is 5.73. The van der Waals surface area contributed by atoms with E-state index in [4.69, 9.17) is 9.84 Å². The highest BCUT2D eigenvalue weighted by Crippen LogP contribution is 2.21. The minimum absolute atomic E-state index is 0.0771. The van der Waals surface area contributed by atoms with E-state index >= 15 is 0 Å². The second kappa shape index (κ2) is 7.77. The number of benzene rings is 2. The number of aryl methyl sites for hydroxylation is 1. The molecule has 0 bridgehead atoms. The molecule has 0 fully saturated rings. The van der Waals surface area contributed by atoms with Crippen molar-refractivity contribution in [3.05, 3.63) is 71.4 Å². The Hall–Kier alpha value is -2.92. The molecule has 2 aromatic carbocycles. The van der Waals surface area contributed by atoms with Crippen molar-refractivity contribution >= 4 is 16.8 Å². The van der Waals surface area contributed by atoms with Crippen LogP contribution >= 0.6 is 0 Å². The first-order valence-corrected chi connectivity index (χ1v) is 8.14. The summed E-state index contributed by atoms with van der Waals surface area (Å²) in [6.45, 7) is 2.56. The molecule has 5 heteroatoms. The maximum atomic E-state index is 11.8. The minimum Gasteiger partial charge on any atom is -0.489 e. The van der Waals surface area contributed by atoms with Gasteiger partial charge in [0, 0.05) is 28.8 Å². The summed E-state index contributed by atoms with van der Waals surface area (Å²) in [4.78, 5) is 16.3. The number of carbonyl (C=O) groups excluding carboxylic acids is 1. The summed E-state index contributed by atoms with van der Waals surface area (Å²) in [6, 6.07) is 17.0. The topological polar surface area (TPSA) is 71.5 Å². The molecule has 0 saturated carbocycles. The van der Waals surface area contributed by atoms with Gasteiger partial charge in [-0.25, -0.2) is 0 Å². The molecule has 0 aliphatic rings. The van der Waals surface area contributed by atoms with Gasteiger partial charge in [0.05, 0.1) is 12.1 Å². The molecule has 0 atom stereocenters. The molecule has 1 aromatic heterocycles. The van der Waals surface area contributed by atoms with Crippen molar-refractivity contribution in [3.8, 4) is 5.75 Å². The standard InChI is InChI=1S/C20H20N2O3/c1-14-12-16(18-4-2-3-5-19(18)22-14)13-25-17-8-6-15(7-9-17)20(24)21-10-11-23/h2-9,12,23H,10-11,13H2,1H3,(H,21,24). The predicted molar refractivity (Wildman–Crippen MR) is 96.7 cm³/mol. The Labute approximate surface area is 146 Å². The maximum Gasteiger partial charge on any atom is 0.251 e. The summed E-state index contributed by atoms with van der Waals surface area (Å²) in [7, 11) is 0. The van der Waals surface area contributed by atoms with Crippen LogP contribution < -0.4 is 10.1 Å². The van der Waals surface area contributed by atoms with Gasteiger partial charge in [-0.15, -0.1) is 0 Å². The number of carbonyl (C=O) groups is 1. The maximum absolute atomic E-state index is 11.8. The van der Waals surface area contributed by atoms with Crippen molar-refractivity contribution < 1.29 is 14.6 Å². The summed E-state index contributed by atoms with van der Waals surface area (Å²) in [5.74, 6) is 0.480. The number of hydrogen-bond donors (Lipinski definition) is 2. The van der Waals surface area contributed by atoms with Crippen molar-refractivity contribution in [2.45, 2.75) is 13.5 Å². The van der Waals surface area contributed by atoms with Gasteiger partial charge in [-0.3, -0.25) is 9.78 Å². The van der Waals surface area contributed by atoms with Crippen molar-refractivity contribution in [1.29, 1.82) is 0 Å². The Balaban J connectivity index is 1.71. The van der Waals surface area contributed by atoms with Gasteiger partial charge in [0.25, 0.3) is 5.91 Å². The van der Waals surface area contributed by atoms with E-state index in [1.54, 1.807) is 24.3 Å². The Kier molecular flexibility index (Phi) is 5.26. The number of pyridine rings is 1. The fourth-order valence-electron chi connectivity index (χ4n) is 2.65. The zero-order chi connectivity index (χ0) is 17.6. The third-order valence-corrected chi connectivity index (χ3v) is 3.84. The van der Waals surface area contributed by atoms with Crippen LogP contribution in [0.2, 0.25) is 0 Å². The molecule has 3 aromatic rings. The Morgan fingerprint density at radius 2 is 1.92 bits per heavy atom. The number of ether oxygens (including phenoxy) is 1. The Morgan fingerprint density at radius 3 is 2.68 bits per heavy atom. The van der Waals surface area contributed by atoms with E-state index in [0.717, 1.165) is 22.2 Å². The van der Waals surface area contributed by atoms with Crippen LogP contribution in [0.1, 0.15) is 21.6 Å². The molecular formula is C20H20N2O3. The average Bonchev–Trinajstić information content (AvgIpc) is 2.64. The summed E-state index contributed by atoms with van der Waals surface area (Å²) < 4.78 is 5.87. The summed E-state index contributed by atoms with van der Waals surface area (Å²) >= 11 is 0. The van der Waals surface area contributed by atoms with Crippen molar-refractivity contribution in [3.63, 3.8) is 0 Å². The number of aliphatic hydroxyl groups excluding tert-OH is 1. The first kappa shape index (κ1) is 16.9. The lowest BCUT2D eigenvalue weighted by Gasteiger charge is -2.10. The molecule has 2 N–H and O–H groups in total. The fourth-order valence-corrected chi connectivity index (χ4v) is 2.65. The van der Waals surface area contributed by atoms with Crippen LogP contribution in [0, 0.1) is 6.92 Å². The van der Waals surface area contributed by atoms with Crippen molar-refractivity contribution in [1.82, 2.24) is 10.3 Å². The van der Waals surface area contributed by atoms with E-state index in [1.165, 1.54) is 0 Å². The molecule has 0 spiro atoms. The smallest absolute Gasteiger partial charge is 0.251 e. The third kappa shape index (κ3) is 4.14. The van der Waals surface area contributed by atoms with E-state index in [0.29, 0.717) is 17.9 Å². The van der Waals surface area contributed by atoms with Crippen LogP contribution in [0.25, 0.3) is 10.9 Å². The van der Waals surface area contributed by atoms with Crippen LogP contribution in [-0.4, -0.2) is 29.1 Å². The first-order chi connectivity index (χ1) is 12.2. The third-order valence-electron chi connectivity index (χ3n) is 3.84. The van der Waals surface area contributed by atoms with Crippen LogP contribution in [-0.2, 0) is 6.61 Å². The molecular weight excluding hydrogens is 316 g/mol. The van der Waals surface area contributed by atoms with E-state index in [2.05, 4.69) is 10.3 Å². The number of hydrogen-bond acceptors (Lipinski definition) is 4. The van der Waals surface area contributed by atoms with Gasteiger partial charge in [-0.1, -0.05) is 18.2 Å². The highest BCUT2D eigenvalue weighted by Gasteiger charge is 2.07. The van der Waals surface area contributed by atoms with Crippen LogP contribution in [0.3, 0.4) is 0 Å². The predicted octanol–water partition coefficient (Wildman–Crippen LogP) is 2.84. The van der Waals surface area contributed by atoms with Gasteiger partial charge in [0.2, 0.25) is 0 Å². The first-order valence-electron chi connectivity index (χ1n) is 8.14. The summed E-state index contributed by atoms with van der Waals surface area (Å²) in [6.07, 6.45) is 0. The zero-order valence-corrected chi connectivity index (χ0v) is 14.0. The average molecular weight is 336 g/mol. The molecule has 0 saturated heterocycles. The van der Waals surface area contributed by atoms with Gasteiger partial charge < -0.3 is 15.2 Å². The SMILES string of the molecule is Cc1cc(COc2ccc(C(=O)NCCO)cc2)c2ccccc2n1. The van der Waals surface area contributed by atoms with Gasteiger partial charge >= 0.3 is 0 Å². The lowest BCUT2D eigenvalue weighted by molar-refractivity contribution is 0.0944. The molecule has 0 radical (unpaired) electrons. The number of rotatable bonds is 6. The minimum atomic E-state index is -0.212. The lowest BCUT2D eigenvalue weighted by Crippen LogP contribution is -2.26. The Morgan fingerprint density at radius 1 is 1.16 bits per heavy atom. The van der Waals surface area contributed by atoms with Crippen LogP contribution in [0.4, 0.5) is 0 Å². The fraction of sp³-hybridized carbons (Fsp3) is 0.200. The number of fused-ring (bicyclic) bond motifs is 1. The number of para-hydroxylation sites is 1. The quantitative estimate of drug-likeness (QED) is 0.726. The van der Waals surface area contributed by atoms with Gasteiger partial charge in [0.1, 0.15) is 12.4 Å². The number of aliphatic hydroxyl groups is 1. The largest absolute Gasteiger partial charge is 0.489 e. The number of amides is 1. The van der Waals surface area contributed by atoms with Gasteiger partial charge in [0.15, 0.2) is 0 Å². The van der Waals surface area contributed by atoms with Crippen LogP contribution in [0.15, 0.2) is 54.6 Å². The molecule has 1 amide bonds. The lowest BCUT2D eigenvalue weighted by atomic mass is 10.1. The second-order valence-electron chi connectivity index (χ2n) is 5.73. The van der Waals surface area contributed by atoms with Crippen molar-refractivity contribution in [2.75, 3.05) is 13.2 Å². The molecule has 128 valence electrons. The van der Waals surface area contributed by atoms with E-state index in [9.17, 15) is 4.79 Å². The molecule has 3 rings (SSSR count).